The number of carbonyl (C=O) groups is 2. The van der Waals surface area contributed by atoms with Crippen LogP contribution < -0.4 is 5.32 Å². The molecule has 1 rings (SSSR count). The van der Waals surface area contributed by atoms with Gasteiger partial charge in [0.15, 0.2) is 0 Å². The van der Waals surface area contributed by atoms with Gasteiger partial charge in [0, 0.05) is 20.6 Å². The molecule has 0 spiro atoms. The molecule has 1 aromatic rings. The van der Waals surface area contributed by atoms with Gasteiger partial charge in [0.25, 0.3) is 0 Å². The van der Waals surface area contributed by atoms with E-state index < -0.39 is 0 Å². The molecular formula is C16H25N3O2. The molecule has 0 unspecified atom stereocenters. The second-order valence-electron chi connectivity index (χ2n) is 5.29. The molecule has 0 aliphatic heterocycles. The van der Waals surface area contributed by atoms with Crippen molar-refractivity contribution in [1.29, 1.82) is 0 Å². The zero-order valence-electron chi connectivity index (χ0n) is 13.3. The van der Waals surface area contributed by atoms with Crippen LogP contribution >= 0.6 is 0 Å². The van der Waals surface area contributed by atoms with Gasteiger partial charge in [-0.15, -0.1) is 0 Å². The van der Waals surface area contributed by atoms with Crippen molar-refractivity contribution in [1.82, 2.24) is 15.1 Å². The highest BCUT2D eigenvalue weighted by atomic mass is 16.2. The Bertz CT molecular complexity index is 486. The second kappa shape index (κ2) is 8.42. The Morgan fingerprint density at radius 2 is 1.81 bits per heavy atom. The summed E-state index contributed by atoms with van der Waals surface area (Å²) in [6.45, 7) is 5.65. The summed E-state index contributed by atoms with van der Waals surface area (Å²) >= 11 is 0. The number of benzene rings is 1. The maximum absolute atomic E-state index is 12.0. The van der Waals surface area contributed by atoms with Crippen LogP contribution in [-0.2, 0) is 16.1 Å². The van der Waals surface area contributed by atoms with Crippen LogP contribution in [0, 0.1) is 6.92 Å². The van der Waals surface area contributed by atoms with Crippen LogP contribution in [0.25, 0.3) is 0 Å². The van der Waals surface area contributed by atoms with Crippen molar-refractivity contribution in [2.75, 3.05) is 33.7 Å². The van der Waals surface area contributed by atoms with Crippen molar-refractivity contribution >= 4 is 11.8 Å². The standard InChI is InChI=1S/C16H25N3O2/c1-5-19(12-16(21)18(3)4)11-15(20)17-10-14-9-7-6-8-13(14)2/h6-9H,5,10-12H2,1-4H3,(H,17,20). The van der Waals surface area contributed by atoms with Crippen LogP contribution in [-0.4, -0.2) is 55.3 Å². The fraction of sp³-hybridized carbons (Fsp3) is 0.500. The van der Waals surface area contributed by atoms with Gasteiger partial charge in [0.05, 0.1) is 13.1 Å². The number of hydrogen-bond acceptors (Lipinski definition) is 3. The molecule has 116 valence electrons. The Morgan fingerprint density at radius 1 is 1.14 bits per heavy atom. The largest absolute Gasteiger partial charge is 0.351 e. The van der Waals surface area contributed by atoms with Gasteiger partial charge in [0.2, 0.25) is 11.8 Å². The third-order valence-corrected chi connectivity index (χ3v) is 3.41. The number of hydrogen-bond donors (Lipinski definition) is 1. The summed E-state index contributed by atoms with van der Waals surface area (Å²) in [4.78, 5) is 27.0. The molecule has 5 heteroatoms. The SMILES string of the molecule is CCN(CC(=O)NCc1ccccc1C)CC(=O)N(C)C. The number of nitrogens with one attached hydrogen (secondary N) is 1. The van der Waals surface area contributed by atoms with Crippen molar-refractivity contribution in [3.05, 3.63) is 35.4 Å². The quantitative estimate of drug-likeness (QED) is 0.816. The van der Waals surface area contributed by atoms with Crippen LogP contribution in [0.15, 0.2) is 24.3 Å². The molecule has 2 amide bonds. The lowest BCUT2D eigenvalue weighted by atomic mass is 10.1. The Labute approximate surface area is 126 Å². The minimum absolute atomic E-state index is 0.00329. The van der Waals surface area contributed by atoms with Crippen molar-refractivity contribution < 1.29 is 9.59 Å². The van der Waals surface area contributed by atoms with Gasteiger partial charge in [-0.05, 0) is 24.6 Å². The van der Waals surface area contributed by atoms with E-state index >= 15 is 0 Å². The van der Waals surface area contributed by atoms with Crippen molar-refractivity contribution in [3.8, 4) is 0 Å². The van der Waals surface area contributed by atoms with E-state index in [0.717, 1.165) is 11.1 Å². The third kappa shape index (κ3) is 5.95. The van der Waals surface area contributed by atoms with Gasteiger partial charge in [-0.2, -0.15) is 0 Å². The molecule has 5 nitrogen and oxygen atoms in total. The van der Waals surface area contributed by atoms with Gasteiger partial charge in [-0.1, -0.05) is 31.2 Å². The number of amides is 2. The molecule has 0 aliphatic rings. The van der Waals surface area contributed by atoms with Crippen molar-refractivity contribution in [2.45, 2.75) is 20.4 Å². The highest BCUT2D eigenvalue weighted by Crippen LogP contribution is 2.05. The number of likely N-dealkylation sites (N-methyl/N-ethyl adjacent to an activating group) is 2. The molecule has 0 atom stereocenters. The van der Waals surface area contributed by atoms with Crippen LogP contribution in [0.1, 0.15) is 18.1 Å². The maximum atomic E-state index is 12.0. The van der Waals surface area contributed by atoms with E-state index in [1.165, 1.54) is 4.90 Å². The van der Waals surface area contributed by atoms with Crippen molar-refractivity contribution in [3.63, 3.8) is 0 Å². The zero-order valence-corrected chi connectivity index (χ0v) is 13.3. The predicted molar refractivity (Wildman–Crippen MR) is 83.8 cm³/mol. The van der Waals surface area contributed by atoms with Gasteiger partial charge >= 0.3 is 0 Å². The number of rotatable bonds is 7. The van der Waals surface area contributed by atoms with Crippen molar-refractivity contribution in [2.24, 2.45) is 0 Å². The molecule has 0 radical (unpaired) electrons. The fourth-order valence-corrected chi connectivity index (χ4v) is 1.87. The van der Waals surface area contributed by atoms with E-state index in [9.17, 15) is 9.59 Å². The van der Waals surface area contributed by atoms with Gasteiger partial charge in [-0.25, -0.2) is 0 Å². The molecule has 0 saturated heterocycles. The second-order valence-corrected chi connectivity index (χ2v) is 5.29. The average molecular weight is 291 g/mol. The molecule has 21 heavy (non-hydrogen) atoms. The first kappa shape index (κ1) is 17.2. The maximum Gasteiger partial charge on any atom is 0.236 e. The highest BCUT2D eigenvalue weighted by molar-refractivity contribution is 5.81. The Hall–Kier alpha value is -1.88. The predicted octanol–water partition coefficient (Wildman–Crippen LogP) is 1.02. The minimum atomic E-state index is -0.0633. The van der Waals surface area contributed by atoms with E-state index in [2.05, 4.69) is 5.32 Å². The van der Waals surface area contributed by atoms with Crippen LogP contribution in [0.2, 0.25) is 0 Å². The first-order valence-electron chi connectivity index (χ1n) is 7.17. The Morgan fingerprint density at radius 3 is 2.38 bits per heavy atom. The monoisotopic (exact) mass is 291 g/mol. The molecule has 1 aromatic carbocycles. The summed E-state index contributed by atoms with van der Waals surface area (Å²) in [5.74, 6) is -0.0600. The van der Waals surface area contributed by atoms with Crippen LogP contribution in [0.5, 0.6) is 0 Å². The molecule has 1 N–H and O–H groups in total. The lowest BCUT2D eigenvalue weighted by Gasteiger charge is -2.21. The molecule has 0 fully saturated rings. The number of carbonyl (C=O) groups excluding carboxylic acids is 2. The van der Waals surface area contributed by atoms with E-state index in [-0.39, 0.29) is 24.9 Å². The molecular weight excluding hydrogens is 266 g/mol. The summed E-state index contributed by atoms with van der Waals surface area (Å²) < 4.78 is 0. The number of aryl methyl sites for hydroxylation is 1. The van der Waals surface area contributed by atoms with Crippen LogP contribution in [0.3, 0.4) is 0 Å². The van der Waals surface area contributed by atoms with Gasteiger partial charge in [-0.3, -0.25) is 14.5 Å². The lowest BCUT2D eigenvalue weighted by molar-refractivity contribution is -0.130. The topological polar surface area (TPSA) is 52.7 Å². The third-order valence-electron chi connectivity index (χ3n) is 3.41. The average Bonchev–Trinajstić information content (AvgIpc) is 2.45. The van der Waals surface area contributed by atoms with E-state index in [1.54, 1.807) is 14.1 Å². The van der Waals surface area contributed by atoms with E-state index in [0.29, 0.717) is 13.1 Å². The minimum Gasteiger partial charge on any atom is -0.351 e. The molecule has 0 aromatic heterocycles. The Kier molecular flexibility index (Phi) is 6.88. The van der Waals surface area contributed by atoms with Gasteiger partial charge < -0.3 is 10.2 Å². The first-order chi connectivity index (χ1) is 9.93. The Balaban J connectivity index is 2.45. The normalized spacial score (nSPS) is 10.5. The zero-order chi connectivity index (χ0) is 15.8. The molecule has 0 heterocycles. The van der Waals surface area contributed by atoms with E-state index in [1.807, 2.05) is 43.0 Å². The summed E-state index contributed by atoms with van der Waals surface area (Å²) in [5.41, 5.74) is 2.27. The van der Waals surface area contributed by atoms with E-state index in [4.69, 9.17) is 0 Å². The van der Waals surface area contributed by atoms with Gasteiger partial charge in [0.1, 0.15) is 0 Å². The number of nitrogens with zero attached hydrogens (tertiary/aromatic N) is 2. The smallest absolute Gasteiger partial charge is 0.236 e. The molecule has 0 saturated carbocycles. The fourth-order valence-electron chi connectivity index (χ4n) is 1.87. The summed E-state index contributed by atoms with van der Waals surface area (Å²) in [6, 6.07) is 7.97. The highest BCUT2D eigenvalue weighted by Gasteiger charge is 2.14. The lowest BCUT2D eigenvalue weighted by Crippen LogP contribution is -2.42. The summed E-state index contributed by atoms with van der Waals surface area (Å²) in [7, 11) is 3.43. The summed E-state index contributed by atoms with van der Waals surface area (Å²) in [6.07, 6.45) is 0. The first-order valence-corrected chi connectivity index (χ1v) is 7.17. The summed E-state index contributed by atoms with van der Waals surface area (Å²) in [5, 5.41) is 2.90. The van der Waals surface area contributed by atoms with Crippen LogP contribution in [0.4, 0.5) is 0 Å². The molecule has 0 bridgehead atoms. The molecule has 0 aliphatic carbocycles.